The zero-order chi connectivity index (χ0) is 25.1. The van der Waals surface area contributed by atoms with E-state index >= 15 is 0 Å². The molecule has 1 heterocycles. The maximum Gasteiger partial charge on any atom is 0.272 e. The standard InChI is InChI=1S/C26H26FN5O3/c1-15(2)16-7-9-17(10-8-16)25(34)31-23(19-5-3-4-6-20(19)27)24(33)26(35)32(28)18-11-12-21-22(13-18)30-14-29-21/h3-15,23-24,33H,28H2,1-2H3,(H,29,30)(H,31,34)/t23-,24+/m0/s1. The molecule has 4 rings (SSSR count). The SMILES string of the molecule is CC(C)c1ccc(C(=O)N[C@@H](c2ccccc2F)[C@@H](O)C(=O)N(N)c2ccc3nc[nH]c3c2)cc1. The Balaban J connectivity index is 1.62. The molecule has 2 atom stereocenters. The van der Waals surface area contributed by atoms with Crippen molar-refractivity contribution in [1.29, 1.82) is 0 Å². The Morgan fingerprint density at radius 3 is 2.49 bits per heavy atom. The molecule has 0 unspecified atom stereocenters. The number of carbonyl (C=O) groups excluding carboxylic acids is 2. The van der Waals surface area contributed by atoms with E-state index in [-0.39, 0.29) is 17.2 Å². The number of nitrogens with two attached hydrogens (primary N) is 1. The molecular weight excluding hydrogens is 449 g/mol. The predicted molar refractivity (Wildman–Crippen MR) is 131 cm³/mol. The van der Waals surface area contributed by atoms with E-state index in [9.17, 15) is 19.1 Å². The molecule has 8 nitrogen and oxygen atoms in total. The molecule has 2 amide bonds. The summed E-state index contributed by atoms with van der Waals surface area (Å²) in [5.74, 6) is 4.14. The summed E-state index contributed by atoms with van der Waals surface area (Å²) in [4.78, 5) is 33.2. The number of aromatic nitrogens is 2. The Morgan fingerprint density at radius 2 is 1.80 bits per heavy atom. The molecule has 9 heteroatoms. The third-order valence-corrected chi connectivity index (χ3v) is 5.85. The number of imidazole rings is 1. The number of amides is 2. The fourth-order valence-corrected chi connectivity index (χ4v) is 3.78. The molecular formula is C26H26FN5O3. The van der Waals surface area contributed by atoms with Crippen molar-refractivity contribution < 1.29 is 19.1 Å². The van der Waals surface area contributed by atoms with Gasteiger partial charge in [-0.1, -0.05) is 44.2 Å². The molecule has 0 aliphatic rings. The topological polar surface area (TPSA) is 124 Å². The van der Waals surface area contributed by atoms with Crippen molar-refractivity contribution in [3.63, 3.8) is 0 Å². The summed E-state index contributed by atoms with van der Waals surface area (Å²) < 4.78 is 14.7. The van der Waals surface area contributed by atoms with Crippen LogP contribution < -0.4 is 16.2 Å². The first-order valence-electron chi connectivity index (χ1n) is 11.1. The quantitative estimate of drug-likeness (QED) is 0.185. The number of aliphatic hydroxyl groups is 1. The Hall–Kier alpha value is -4.08. The summed E-state index contributed by atoms with van der Waals surface area (Å²) in [6, 6.07) is 16.0. The van der Waals surface area contributed by atoms with Gasteiger partial charge in [0.25, 0.3) is 11.8 Å². The van der Waals surface area contributed by atoms with E-state index in [0.717, 1.165) is 10.6 Å². The predicted octanol–water partition coefficient (Wildman–Crippen LogP) is 3.56. The minimum Gasteiger partial charge on any atom is -0.381 e. The van der Waals surface area contributed by atoms with Crippen LogP contribution in [0.2, 0.25) is 0 Å². The number of halogens is 1. The second-order valence-corrected chi connectivity index (χ2v) is 8.51. The summed E-state index contributed by atoms with van der Waals surface area (Å²) in [7, 11) is 0. The summed E-state index contributed by atoms with van der Waals surface area (Å²) in [5.41, 5.74) is 2.92. The van der Waals surface area contributed by atoms with E-state index in [1.54, 1.807) is 36.4 Å². The van der Waals surface area contributed by atoms with Crippen LogP contribution in [0.4, 0.5) is 10.1 Å². The number of fused-ring (bicyclic) bond motifs is 1. The number of hydrazine groups is 1. The van der Waals surface area contributed by atoms with Crippen LogP contribution in [0.1, 0.15) is 47.3 Å². The Labute approximate surface area is 201 Å². The number of hydrogen-bond donors (Lipinski definition) is 4. The second-order valence-electron chi connectivity index (χ2n) is 8.51. The zero-order valence-electron chi connectivity index (χ0n) is 19.3. The van der Waals surface area contributed by atoms with Gasteiger partial charge in [-0.3, -0.25) is 9.59 Å². The van der Waals surface area contributed by atoms with E-state index in [0.29, 0.717) is 16.6 Å². The first kappa shape index (κ1) is 24.1. The van der Waals surface area contributed by atoms with Gasteiger partial charge >= 0.3 is 0 Å². The smallest absolute Gasteiger partial charge is 0.272 e. The molecule has 0 aliphatic carbocycles. The highest BCUT2D eigenvalue weighted by atomic mass is 19.1. The number of hydrogen-bond acceptors (Lipinski definition) is 5. The van der Waals surface area contributed by atoms with E-state index in [1.165, 1.54) is 24.5 Å². The largest absolute Gasteiger partial charge is 0.381 e. The van der Waals surface area contributed by atoms with Gasteiger partial charge in [-0.25, -0.2) is 20.2 Å². The van der Waals surface area contributed by atoms with Crippen LogP contribution in [0.3, 0.4) is 0 Å². The monoisotopic (exact) mass is 475 g/mol. The number of aromatic amines is 1. The number of carbonyl (C=O) groups is 2. The van der Waals surface area contributed by atoms with Crippen LogP contribution in [-0.2, 0) is 4.79 Å². The lowest BCUT2D eigenvalue weighted by Crippen LogP contribution is -2.50. The molecule has 0 saturated heterocycles. The van der Waals surface area contributed by atoms with Crippen LogP contribution in [0.25, 0.3) is 11.0 Å². The summed E-state index contributed by atoms with van der Waals surface area (Å²) >= 11 is 0. The maximum atomic E-state index is 14.7. The van der Waals surface area contributed by atoms with E-state index in [1.807, 2.05) is 26.0 Å². The minimum absolute atomic E-state index is 0.0436. The van der Waals surface area contributed by atoms with Crippen LogP contribution in [0, 0.1) is 5.82 Å². The van der Waals surface area contributed by atoms with Gasteiger partial charge in [0.15, 0.2) is 6.10 Å². The second kappa shape index (κ2) is 10.0. The molecule has 0 bridgehead atoms. The average Bonchev–Trinajstić information content (AvgIpc) is 3.34. The number of anilines is 1. The van der Waals surface area contributed by atoms with Gasteiger partial charge in [0, 0.05) is 11.1 Å². The fraction of sp³-hybridized carbons (Fsp3) is 0.192. The molecule has 0 fully saturated rings. The van der Waals surface area contributed by atoms with E-state index in [2.05, 4.69) is 15.3 Å². The number of aliphatic hydroxyl groups excluding tert-OH is 1. The normalized spacial score (nSPS) is 13.0. The first-order valence-corrected chi connectivity index (χ1v) is 11.1. The number of rotatable bonds is 7. The Kier molecular flexibility index (Phi) is 6.90. The third kappa shape index (κ3) is 5.06. The molecule has 4 aromatic rings. The van der Waals surface area contributed by atoms with Gasteiger partial charge < -0.3 is 15.4 Å². The van der Waals surface area contributed by atoms with Gasteiger partial charge in [0.05, 0.1) is 29.1 Å². The highest BCUT2D eigenvalue weighted by Crippen LogP contribution is 2.25. The van der Waals surface area contributed by atoms with Crippen molar-refractivity contribution in [1.82, 2.24) is 15.3 Å². The van der Waals surface area contributed by atoms with E-state index < -0.39 is 29.8 Å². The number of nitrogens with one attached hydrogen (secondary N) is 2. The highest BCUT2D eigenvalue weighted by Gasteiger charge is 2.34. The van der Waals surface area contributed by atoms with Crippen LogP contribution in [0.5, 0.6) is 0 Å². The molecule has 0 radical (unpaired) electrons. The number of nitrogens with zero attached hydrogens (tertiary/aromatic N) is 2. The third-order valence-electron chi connectivity index (χ3n) is 5.85. The zero-order valence-corrected chi connectivity index (χ0v) is 19.3. The van der Waals surface area contributed by atoms with Gasteiger partial charge in [0.2, 0.25) is 0 Å². The highest BCUT2D eigenvalue weighted by molar-refractivity contribution is 5.99. The maximum absolute atomic E-state index is 14.7. The van der Waals surface area contributed by atoms with Crippen molar-refractivity contribution in [2.45, 2.75) is 31.9 Å². The lowest BCUT2D eigenvalue weighted by molar-refractivity contribution is -0.128. The lowest BCUT2D eigenvalue weighted by atomic mass is 9.98. The van der Waals surface area contributed by atoms with E-state index in [4.69, 9.17) is 5.84 Å². The fourth-order valence-electron chi connectivity index (χ4n) is 3.78. The van der Waals surface area contributed by atoms with Crippen molar-refractivity contribution in [3.05, 3.63) is 95.6 Å². The van der Waals surface area contributed by atoms with Crippen molar-refractivity contribution in [2.24, 2.45) is 5.84 Å². The molecule has 5 N–H and O–H groups in total. The average molecular weight is 476 g/mol. The molecule has 0 saturated carbocycles. The van der Waals surface area contributed by atoms with Gasteiger partial charge in [-0.05, 0) is 47.9 Å². The van der Waals surface area contributed by atoms with Gasteiger partial charge in [0.1, 0.15) is 5.82 Å². The molecule has 0 aliphatic heterocycles. The summed E-state index contributed by atoms with van der Waals surface area (Å²) in [5, 5.41) is 14.4. The summed E-state index contributed by atoms with van der Waals surface area (Å²) in [6.45, 7) is 4.07. The number of benzene rings is 3. The summed E-state index contributed by atoms with van der Waals surface area (Å²) in [6.07, 6.45) is -0.364. The first-order chi connectivity index (χ1) is 16.8. The molecule has 180 valence electrons. The van der Waals surface area contributed by atoms with Crippen molar-refractivity contribution in [3.8, 4) is 0 Å². The van der Waals surface area contributed by atoms with Gasteiger partial charge in [-0.2, -0.15) is 0 Å². The molecule has 35 heavy (non-hydrogen) atoms. The minimum atomic E-state index is -1.87. The van der Waals surface area contributed by atoms with Crippen molar-refractivity contribution in [2.75, 3.05) is 5.01 Å². The Morgan fingerprint density at radius 1 is 1.09 bits per heavy atom. The van der Waals surface area contributed by atoms with Gasteiger partial charge in [-0.15, -0.1) is 0 Å². The molecule has 0 spiro atoms. The number of H-pyrrole nitrogens is 1. The van der Waals surface area contributed by atoms with Crippen LogP contribution >= 0.6 is 0 Å². The molecule has 3 aromatic carbocycles. The lowest BCUT2D eigenvalue weighted by Gasteiger charge is -2.27. The molecule has 1 aromatic heterocycles. The Bertz CT molecular complexity index is 1350. The van der Waals surface area contributed by atoms with Crippen molar-refractivity contribution >= 4 is 28.5 Å². The van der Waals surface area contributed by atoms with Crippen LogP contribution in [-0.4, -0.2) is 33.0 Å². The van der Waals surface area contributed by atoms with Crippen LogP contribution in [0.15, 0.2) is 73.1 Å².